The predicted octanol–water partition coefficient (Wildman–Crippen LogP) is 1.62. The van der Waals surface area contributed by atoms with Crippen molar-refractivity contribution in [2.45, 2.75) is 0 Å². The Morgan fingerprint density at radius 2 is 2.25 bits per heavy atom. The van der Waals surface area contributed by atoms with Gasteiger partial charge in [-0.2, -0.15) is 0 Å². The van der Waals surface area contributed by atoms with Crippen LogP contribution in [0.15, 0.2) is 18.5 Å². The van der Waals surface area contributed by atoms with Gasteiger partial charge in [0, 0.05) is 5.69 Å². The van der Waals surface area contributed by atoms with Crippen LogP contribution in [-0.4, -0.2) is 9.71 Å². The molecule has 62 valence electrons. The van der Waals surface area contributed by atoms with Gasteiger partial charge in [-0.1, -0.05) is 11.6 Å². The van der Waals surface area contributed by atoms with E-state index in [0.717, 1.165) is 6.33 Å². The van der Waals surface area contributed by atoms with Gasteiger partial charge in [0.05, 0.1) is 22.4 Å². The predicted molar refractivity (Wildman–Crippen MR) is 47.9 cm³/mol. The molecule has 0 radical (unpaired) electrons. The summed E-state index contributed by atoms with van der Waals surface area (Å²) in [4.78, 5) is 3.83. The molecule has 0 saturated heterocycles. The van der Waals surface area contributed by atoms with Crippen molar-refractivity contribution < 1.29 is 0 Å². The summed E-state index contributed by atoms with van der Waals surface area (Å²) < 4.78 is 0.622. The Labute approximate surface area is 73.1 Å². The highest BCUT2D eigenvalue weighted by molar-refractivity contribution is 6.35. The van der Waals surface area contributed by atoms with Crippen LogP contribution in [0, 0.1) is 5.21 Å². The number of rotatable bonds is 0. The molecule has 0 bridgehead atoms. The van der Waals surface area contributed by atoms with E-state index < -0.39 is 0 Å². The van der Waals surface area contributed by atoms with E-state index in [-0.39, 0.29) is 0 Å². The van der Waals surface area contributed by atoms with E-state index in [1.165, 1.54) is 6.07 Å². The number of nitrogens with two attached hydrogens (primary N) is 1. The minimum absolute atomic E-state index is 0.331. The van der Waals surface area contributed by atoms with E-state index in [1.807, 2.05) is 0 Å². The fourth-order valence-electron chi connectivity index (χ4n) is 1.09. The summed E-state index contributed by atoms with van der Waals surface area (Å²) in [6, 6.07) is 3.13. The highest BCUT2D eigenvalue weighted by Crippen LogP contribution is 2.25. The van der Waals surface area contributed by atoms with E-state index in [4.69, 9.17) is 17.3 Å². The number of aromatic nitrogens is 2. The van der Waals surface area contributed by atoms with Gasteiger partial charge in [0.25, 0.3) is 0 Å². The molecule has 1 heterocycles. The molecule has 5 heteroatoms. The minimum Gasteiger partial charge on any atom is -0.804 e. The van der Waals surface area contributed by atoms with Crippen molar-refractivity contribution in [3.63, 3.8) is 0 Å². The molecule has 0 aliphatic rings. The van der Waals surface area contributed by atoms with Gasteiger partial charge in [0.2, 0.25) is 0 Å². The molecular weight excluding hydrogens is 178 g/mol. The van der Waals surface area contributed by atoms with Crippen molar-refractivity contribution in [2.75, 3.05) is 5.73 Å². The molecule has 1 aromatic heterocycles. The summed E-state index contributed by atoms with van der Waals surface area (Å²) in [6.45, 7) is 0. The molecule has 4 nitrogen and oxygen atoms in total. The van der Waals surface area contributed by atoms with Gasteiger partial charge in [0.1, 0.15) is 0 Å². The van der Waals surface area contributed by atoms with Gasteiger partial charge in [-0.05, 0) is 12.1 Å². The van der Waals surface area contributed by atoms with Gasteiger partial charge in [0.15, 0.2) is 0 Å². The lowest BCUT2D eigenvalue weighted by molar-refractivity contribution is 1.11. The number of hydrogen-bond acceptors (Lipinski definition) is 3. The van der Waals surface area contributed by atoms with Crippen molar-refractivity contribution in [1.82, 2.24) is 9.71 Å². The Morgan fingerprint density at radius 1 is 1.50 bits per heavy atom. The molecule has 0 fully saturated rings. The fraction of sp³-hybridized carbons (Fsp3) is 0. The lowest BCUT2D eigenvalue weighted by Crippen LogP contribution is -1.87. The lowest BCUT2D eigenvalue weighted by Gasteiger charge is -2.07. The van der Waals surface area contributed by atoms with E-state index in [1.54, 1.807) is 6.07 Å². The average molecular weight is 183 g/mol. The summed E-state index contributed by atoms with van der Waals surface area (Å²) in [5.74, 6) is 0. The number of benzene rings is 1. The van der Waals surface area contributed by atoms with Crippen LogP contribution in [0.5, 0.6) is 0 Å². The molecule has 0 saturated carbocycles. The van der Waals surface area contributed by atoms with Crippen LogP contribution < -0.4 is 5.73 Å². The molecule has 0 spiro atoms. The quantitative estimate of drug-likeness (QED) is 0.630. The molecule has 2 aromatic rings. The van der Waals surface area contributed by atoms with Gasteiger partial charge in [-0.3, -0.25) is 0 Å². The standard InChI is InChI=1S/C7H5ClN3O/c8-5-1-4(9)2-6-7(5)11(12)3-10-6/h1-3H,9H2/q-1. The largest absolute Gasteiger partial charge is 0.804 e. The number of hydrogen-bond donors (Lipinski definition) is 1. The van der Waals surface area contributed by atoms with Crippen LogP contribution in [0.2, 0.25) is 5.02 Å². The molecule has 2 rings (SSSR count). The SMILES string of the molecule is Nc1cc(Cl)c2c(c1)ncn2[O-]. The topological polar surface area (TPSA) is 66.9 Å². The van der Waals surface area contributed by atoms with E-state index in [0.29, 0.717) is 26.5 Å². The van der Waals surface area contributed by atoms with Crippen LogP contribution in [-0.2, 0) is 0 Å². The third kappa shape index (κ3) is 0.887. The number of anilines is 1. The maximum Gasteiger partial charge on any atom is 0.0917 e. The molecule has 12 heavy (non-hydrogen) atoms. The Morgan fingerprint density at radius 3 is 3.00 bits per heavy atom. The van der Waals surface area contributed by atoms with Crippen molar-refractivity contribution in [1.29, 1.82) is 0 Å². The molecule has 1 aromatic carbocycles. The molecule has 0 atom stereocenters. The molecule has 2 N–H and O–H groups in total. The molecular formula is C7H5ClN3O-. The monoisotopic (exact) mass is 182 g/mol. The zero-order valence-electron chi connectivity index (χ0n) is 5.99. The summed E-state index contributed by atoms with van der Waals surface area (Å²) in [5.41, 5.74) is 6.89. The molecule has 0 unspecified atom stereocenters. The lowest BCUT2D eigenvalue weighted by atomic mass is 10.3. The average Bonchev–Trinajstić information content (AvgIpc) is 2.31. The minimum atomic E-state index is 0.331. The number of nitrogens with zero attached hydrogens (tertiary/aromatic N) is 2. The third-order valence-corrected chi connectivity index (χ3v) is 1.88. The second-order valence-electron chi connectivity index (χ2n) is 2.44. The Hall–Kier alpha value is -1.42. The van der Waals surface area contributed by atoms with E-state index >= 15 is 0 Å². The van der Waals surface area contributed by atoms with Gasteiger partial charge >= 0.3 is 0 Å². The smallest absolute Gasteiger partial charge is 0.0917 e. The van der Waals surface area contributed by atoms with Crippen molar-refractivity contribution >= 4 is 28.3 Å². The summed E-state index contributed by atoms with van der Waals surface area (Å²) in [6.07, 6.45) is 1.16. The Kier molecular flexibility index (Phi) is 1.38. The van der Waals surface area contributed by atoms with E-state index in [2.05, 4.69) is 4.98 Å². The molecule has 0 aliphatic heterocycles. The fourth-order valence-corrected chi connectivity index (χ4v) is 1.40. The Balaban J connectivity index is 2.93. The molecule has 0 aliphatic carbocycles. The summed E-state index contributed by atoms with van der Waals surface area (Å²) in [7, 11) is 0. The summed E-state index contributed by atoms with van der Waals surface area (Å²) >= 11 is 5.77. The summed E-state index contributed by atoms with van der Waals surface area (Å²) in [5, 5.41) is 11.4. The van der Waals surface area contributed by atoms with Crippen LogP contribution in [0.4, 0.5) is 5.69 Å². The number of halogens is 1. The van der Waals surface area contributed by atoms with Crippen LogP contribution in [0.25, 0.3) is 11.0 Å². The van der Waals surface area contributed by atoms with Gasteiger partial charge < -0.3 is 15.7 Å². The van der Waals surface area contributed by atoms with Crippen molar-refractivity contribution in [3.05, 3.63) is 28.7 Å². The van der Waals surface area contributed by atoms with Crippen molar-refractivity contribution in [3.8, 4) is 0 Å². The number of nitrogen functional groups attached to an aromatic ring is 1. The Bertz CT molecular complexity index is 437. The number of imidazole rings is 1. The van der Waals surface area contributed by atoms with Crippen LogP contribution >= 0.6 is 11.6 Å². The highest BCUT2D eigenvalue weighted by Gasteiger charge is 2.03. The first-order valence-corrected chi connectivity index (χ1v) is 3.66. The maximum absolute atomic E-state index is 11.0. The van der Waals surface area contributed by atoms with Crippen LogP contribution in [0.1, 0.15) is 0 Å². The first kappa shape index (κ1) is 7.24. The zero-order chi connectivity index (χ0) is 8.72. The second-order valence-corrected chi connectivity index (χ2v) is 2.85. The first-order chi connectivity index (χ1) is 5.68. The normalized spacial score (nSPS) is 10.8. The van der Waals surface area contributed by atoms with E-state index in [9.17, 15) is 5.21 Å². The van der Waals surface area contributed by atoms with Crippen LogP contribution in [0.3, 0.4) is 0 Å². The molecule has 0 amide bonds. The van der Waals surface area contributed by atoms with Gasteiger partial charge in [-0.15, -0.1) is 0 Å². The maximum atomic E-state index is 11.0. The van der Waals surface area contributed by atoms with Crippen molar-refractivity contribution in [2.24, 2.45) is 0 Å². The number of fused-ring (bicyclic) bond motifs is 1. The highest BCUT2D eigenvalue weighted by atomic mass is 35.5. The van der Waals surface area contributed by atoms with Gasteiger partial charge in [-0.25, -0.2) is 4.98 Å². The third-order valence-electron chi connectivity index (χ3n) is 1.59. The second kappa shape index (κ2) is 2.28. The first-order valence-electron chi connectivity index (χ1n) is 3.28. The zero-order valence-corrected chi connectivity index (χ0v) is 6.75.